The summed E-state index contributed by atoms with van der Waals surface area (Å²) in [4.78, 5) is 2.21. The van der Waals surface area contributed by atoms with Gasteiger partial charge >= 0.3 is 0 Å². The summed E-state index contributed by atoms with van der Waals surface area (Å²) >= 11 is 0. The summed E-state index contributed by atoms with van der Waals surface area (Å²) in [6.45, 7) is 5.64. The van der Waals surface area contributed by atoms with Crippen molar-refractivity contribution < 1.29 is 4.74 Å². The van der Waals surface area contributed by atoms with Gasteiger partial charge < -0.3 is 10.5 Å². The zero-order valence-corrected chi connectivity index (χ0v) is 10.8. The number of hydrogen-bond donors (Lipinski definition) is 1. The number of nitrogen functional groups attached to an aromatic ring is 1. The van der Waals surface area contributed by atoms with Crippen LogP contribution in [0, 0.1) is 6.92 Å². The van der Waals surface area contributed by atoms with E-state index in [-0.39, 0.29) is 0 Å². The molecule has 0 spiro atoms. The van der Waals surface area contributed by atoms with Crippen LogP contribution < -0.4 is 5.73 Å². The van der Waals surface area contributed by atoms with Crippen molar-refractivity contribution in [3.8, 4) is 0 Å². The van der Waals surface area contributed by atoms with Gasteiger partial charge in [0.05, 0.1) is 12.3 Å². The van der Waals surface area contributed by atoms with Crippen LogP contribution in [0.1, 0.15) is 18.2 Å². The minimum Gasteiger partial charge on any atom is -0.384 e. The highest BCUT2D eigenvalue weighted by Crippen LogP contribution is 2.17. The number of rotatable bonds is 5. The zero-order valence-electron chi connectivity index (χ0n) is 10.8. The molecule has 16 heavy (non-hydrogen) atoms. The Hall–Kier alpha value is -1.07. The number of aryl methyl sites for hydroxylation is 2. The van der Waals surface area contributed by atoms with E-state index in [4.69, 9.17) is 10.5 Å². The Bertz CT molecular complexity index is 348. The second kappa shape index (κ2) is 5.32. The predicted octanol–water partition coefficient (Wildman–Crippen LogP) is 0.777. The second-order valence-electron chi connectivity index (χ2n) is 4.29. The summed E-state index contributed by atoms with van der Waals surface area (Å²) in [6.07, 6.45) is 0. The molecule has 0 saturated carbocycles. The number of nitrogens with zero attached hydrogens (tertiary/aromatic N) is 3. The van der Waals surface area contributed by atoms with E-state index < -0.39 is 0 Å². The lowest BCUT2D eigenvalue weighted by atomic mass is 10.2. The molecule has 0 amide bonds. The molecule has 1 rings (SSSR count). The van der Waals surface area contributed by atoms with Gasteiger partial charge in [0.15, 0.2) is 0 Å². The Balaban J connectivity index is 2.72. The van der Waals surface area contributed by atoms with Gasteiger partial charge in [0.1, 0.15) is 5.82 Å². The van der Waals surface area contributed by atoms with Crippen molar-refractivity contribution in [2.45, 2.75) is 26.4 Å². The lowest BCUT2D eigenvalue weighted by molar-refractivity contribution is 0.112. The van der Waals surface area contributed by atoms with Crippen LogP contribution in [-0.4, -0.2) is 41.5 Å². The first kappa shape index (κ1) is 13.0. The molecule has 0 bridgehead atoms. The molecule has 2 N–H and O–H groups in total. The average molecular weight is 226 g/mol. The van der Waals surface area contributed by atoms with Gasteiger partial charge in [0.2, 0.25) is 0 Å². The third-order valence-corrected chi connectivity index (χ3v) is 2.96. The number of nitrogens with two attached hydrogens (primary N) is 1. The first-order chi connectivity index (χ1) is 7.47. The number of hydrogen-bond acceptors (Lipinski definition) is 4. The van der Waals surface area contributed by atoms with Crippen molar-refractivity contribution in [1.29, 1.82) is 0 Å². The van der Waals surface area contributed by atoms with Gasteiger partial charge in [-0.3, -0.25) is 9.58 Å². The van der Waals surface area contributed by atoms with Gasteiger partial charge in [-0.25, -0.2) is 0 Å². The SMILES string of the molecule is COCC(C)N(C)Cc1c(C)nn(C)c1N. The van der Waals surface area contributed by atoms with Crippen LogP contribution in [0.2, 0.25) is 0 Å². The van der Waals surface area contributed by atoms with Crippen molar-refractivity contribution in [2.24, 2.45) is 7.05 Å². The molecule has 1 aromatic heterocycles. The smallest absolute Gasteiger partial charge is 0.126 e. The normalized spacial score (nSPS) is 13.4. The first-order valence-electron chi connectivity index (χ1n) is 5.44. The number of anilines is 1. The van der Waals surface area contributed by atoms with Gasteiger partial charge in [-0.05, 0) is 20.9 Å². The molecule has 5 heteroatoms. The number of likely N-dealkylation sites (N-methyl/N-ethyl adjacent to an activating group) is 1. The van der Waals surface area contributed by atoms with E-state index in [9.17, 15) is 0 Å². The fourth-order valence-corrected chi connectivity index (χ4v) is 1.69. The lowest BCUT2D eigenvalue weighted by Crippen LogP contribution is -2.32. The molecule has 0 aliphatic heterocycles. The van der Waals surface area contributed by atoms with E-state index in [2.05, 4.69) is 24.0 Å². The summed E-state index contributed by atoms with van der Waals surface area (Å²) in [7, 11) is 5.65. The molecular formula is C11H22N4O. The summed E-state index contributed by atoms with van der Waals surface area (Å²) in [5, 5.41) is 4.30. The Morgan fingerprint density at radius 2 is 2.19 bits per heavy atom. The highest BCUT2D eigenvalue weighted by molar-refractivity contribution is 5.42. The van der Waals surface area contributed by atoms with E-state index in [0.29, 0.717) is 6.04 Å². The third-order valence-electron chi connectivity index (χ3n) is 2.96. The Labute approximate surface area is 97.2 Å². The van der Waals surface area contributed by atoms with Crippen molar-refractivity contribution in [1.82, 2.24) is 14.7 Å². The summed E-state index contributed by atoms with van der Waals surface area (Å²) in [6, 6.07) is 0.365. The molecule has 5 nitrogen and oxygen atoms in total. The molecule has 0 aliphatic rings. The van der Waals surface area contributed by atoms with Crippen LogP contribution in [-0.2, 0) is 18.3 Å². The minimum absolute atomic E-state index is 0.365. The predicted molar refractivity (Wildman–Crippen MR) is 65.2 cm³/mol. The standard InChI is InChI=1S/C11H22N4O/c1-8(7-16-5)14(3)6-10-9(2)13-15(4)11(10)12/h8H,6-7,12H2,1-5H3. The summed E-state index contributed by atoms with van der Waals surface area (Å²) < 4.78 is 6.86. The molecule has 0 radical (unpaired) electrons. The maximum Gasteiger partial charge on any atom is 0.126 e. The Morgan fingerprint density at radius 3 is 2.62 bits per heavy atom. The Kier molecular flexibility index (Phi) is 4.32. The van der Waals surface area contributed by atoms with Gasteiger partial charge in [-0.1, -0.05) is 0 Å². The third kappa shape index (κ3) is 2.74. The topological polar surface area (TPSA) is 56.3 Å². The monoisotopic (exact) mass is 226 g/mol. The highest BCUT2D eigenvalue weighted by atomic mass is 16.5. The average Bonchev–Trinajstić information content (AvgIpc) is 2.45. The van der Waals surface area contributed by atoms with Crippen LogP contribution in [0.15, 0.2) is 0 Å². The molecule has 0 fully saturated rings. The highest BCUT2D eigenvalue weighted by Gasteiger charge is 2.15. The molecule has 1 aromatic rings. The van der Waals surface area contributed by atoms with Crippen molar-refractivity contribution in [3.05, 3.63) is 11.3 Å². The maximum atomic E-state index is 5.97. The number of aromatic nitrogens is 2. The molecule has 92 valence electrons. The molecule has 1 unspecified atom stereocenters. The van der Waals surface area contributed by atoms with Crippen molar-refractivity contribution in [3.63, 3.8) is 0 Å². The quantitative estimate of drug-likeness (QED) is 0.806. The van der Waals surface area contributed by atoms with Crippen LogP contribution in [0.25, 0.3) is 0 Å². The summed E-state index contributed by atoms with van der Waals surface area (Å²) in [5.74, 6) is 0.744. The van der Waals surface area contributed by atoms with E-state index in [1.807, 2.05) is 14.0 Å². The molecule has 1 heterocycles. The van der Waals surface area contributed by atoms with E-state index in [0.717, 1.165) is 30.2 Å². The minimum atomic E-state index is 0.365. The number of methoxy groups -OCH3 is 1. The Morgan fingerprint density at radius 1 is 1.56 bits per heavy atom. The van der Waals surface area contributed by atoms with Gasteiger partial charge in [0, 0.05) is 32.3 Å². The molecule has 1 atom stereocenters. The van der Waals surface area contributed by atoms with Crippen LogP contribution in [0.4, 0.5) is 5.82 Å². The van der Waals surface area contributed by atoms with Gasteiger partial charge in [-0.15, -0.1) is 0 Å². The van der Waals surface area contributed by atoms with Gasteiger partial charge in [-0.2, -0.15) is 5.10 Å². The maximum absolute atomic E-state index is 5.97. The summed E-state index contributed by atoms with van der Waals surface area (Å²) in [5.41, 5.74) is 8.07. The largest absolute Gasteiger partial charge is 0.384 e. The fraction of sp³-hybridized carbons (Fsp3) is 0.727. The molecule has 0 aromatic carbocycles. The van der Waals surface area contributed by atoms with E-state index in [1.54, 1.807) is 11.8 Å². The molecule has 0 saturated heterocycles. The second-order valence-corrected chi connectivity index (χ2v) is 4.29. The first-order valence-corrected chi connectivity index (χ1v) is 5.44. The lowest BCUT2D eigenvalue weighted by Gasteiger charge is -2.23. The van der Waals surface area contributed by atoms with Crippen LogP contribution >= 0.6 is 0 Å². The molecule has 0 aliphatic carbocycles. The van der Waals surface area contributed by atoms with E-state index in [1.165, 1.54) is 0 Å². The van der Waals surface area contributed by atoms with Gasteiger partial charge in [0.25, 0.3) is 0 Å². The number of ether oxygens (including phenoxy) is 1. The van der Waals surface area contributed by atoms with Crippen LogP contribution in [0.5, 0.6) is 0 Å². The van der Waals surface area contributed by atoms with Crippen molar-refractivity contribution in [2.75, 3.05) is 26.5 Å². The fourth-order valence-electron chi connectivity index (χ4n) is 1.69. The van der Waals surface area contributed by atoms with Crippen LogP contribution in [0.3, 0.4) is 0 Å². The zero-order chi connectivity index (χ0) is 12.3. The molecular weight excluding hydrogens is 204 g/mol. The van der Waals surface area contributed by atoms with Crippen molar-refractivity contribution >= 4 is 5.82 Å². The van der Waals surface area contributed by atoms with E-state index >= 15 is 0 Å².